The van der Waals surface area contributed by atoms with Gasteiger partial charge in [0.2, 0.25) is 0 Å². The summed E-state index contributed by atoms with van der Waals surface area (Å²) < 4.78 is 0. The van der Waals surface area contributed by atoms with Crippen LogP contribution < -0.4 is 10.6 Å². The number of likely N-dealkylation sites (tertiary alicyclic amines) is 1. The fourth-order valence-electron chi connectivity index (χ4n) is 3.80. The quantitative estimate of drug-likeness (QED) is 0.379. The number of aliphatic imine (C=N–C) groups is 1. The molecule has 29 heavy (non-hydrogen) atoms. The lowest BCUT2D eigenvalue weighted by Gasteiger charge is -2.33. The Kier molecular flexibility index (Phi) is 9.98. The smallest absolute Gasteiger partial charge is 0.253 e. The Morgan fingerprint density at radius 1 is 1.21 bits per heavy atom. The molecular formula is C23H39N5O. The van der Waals surface area contributed by atoms with Gasteiger partial charge in [-0.1, -0.05) is 18.6 Å². The average molecular weight is 402 g/mol. The average Bonchev–Trinajstić information content (AvgIpc) is 2.73. The molecule has 2 rings (SSSR count). The van der Waals surface area contributed by atoms with E-state index < -0.39 is 0 Å². The molecule has 162 valence electrons. The molecule has 1 saturated heterocycles. The highest BCUT2D eigenvalue weighted by molar-refractivity contribution is 5.94. The summed E-state index contributed by atoms with van der Waals surface area (Å²) in [4.78, 5) is 20.6. The molecule has 0 aliphatic carbocycles. The van der Waals surface area contributed by atoms with Crippen LogP contribution in [0.3, 0.4) is 0 Å². The first-order valence-electron chi connectivity index (χ1n) is 11.0. The molecule has 1 fully saturated rings. The highest BCUT2D eigenvalue weighted by Gasteiger charge is 2.17. The van der Waals surface area contributed by atoms with Crippen LogP contribution in [0.15, 0.2) is 29.3 Å². The van der Waals surface area contributed by atoms with E-state index in [1.54, 1.807) is 26.0 Å². The Morgan fingerprint density at radius 2 is 2.00 bits per heavy atom. The van der Waals surface area contributed by atoms with Crippen LogP contribution >= 0.6 is 0 Å². The lowest BCUT2D eigenvalue weighted by atomic mass is 10.0. The maximum Gasteiger partial charge on any atom is 0.253 e. The molecule has 1 aromatic carbocycles. The summed E-state index contributed by atoms with van der Waals surface area (Å²) in [5.41, 5.74) is 1.88. The van der Waals surface area contributed by atoms with Crippen molar-refractivity contribution < 1.29 is 4.79 Å². The first kappa shape index (κ1) is 23.2. The zero-order valence-corrected chi connectivity index (χ0v) is 18.7. The van der Waals surface area contributed by atoms with E-state index in [1.807, 2.05) is 18.2 Å². The number of carbonyl (C=O) groups is 1. The molecule has 0 radical (unpaired) electrons. The van der Waals surface area contributed by atoms with E-state index in [9.17, 15) is 4.79 Å². The van der Waals surface area contributed by atoms with Gasteiger partial charge in [0.05, 0.1) is 0 Å². The number of rotatable bonds is 9. The second-order valence-corrected chi connectivity index (χ2v) is 8.16. The first-order valence-corrected chi connectivity index (χ1v) is 11.0. The summed E-state index contributed by atoms with van der Waals surface area (Å²) in [5.74, 6) is 0.882. The second kappa shape index (κ2) is 12.5. The third-order valence-electron chi connectivity index (χ3n) is 5.61. The van der Waals surface area contributed by atoms with Gasteiger partial charge in [-0.15, -0.1) is 0 Å². The summed E-state index contributed by atoms with van der Waals surface area (Å²) >= 11 is 0. The number of guanidine groups is 1. The van der Waals surface area contributed by atoms with Crippen molar-refractivity contribution in [2.75, 3.05) is 47.3 Å². The monoisotopic (exact) mass is 401 g/mol. The zero-order chi connectivity index (χ0) is 21.1. The highest BCUT2D eigenvalue weighted by Crippen LogP contribution is 2.16. The summed E-state index contributed by atoms with van der Waals surface area (Å²) in [7, 11) is 5.36. The Labute approximate surface area is 176 Å². The van der Waals surface area contributed by atoms with Crippen molar-refractivity contribution in [1.82, 2.24) is 20.4 Å². The lowest BCUT2D eigenvalue weighted by Crippen LogP contribution is -2.40. The van der Waals surface area contributed by atoms with E-state index in [1.165, 1.54) is 38.8 Å². The van der Waals surface area contributed by atoms with Gasteiger partial charge in [0.15, 0.2) is 5.96 Å². The minimum absolute atomic E-state index is 0.0382. The Balaban J connectivity index is 1.64. The number of nitrogens with one attached hydrogen (secondary N) is 2. The van der Waals surface area contributed by atoms with Crippen molar-refractivity contribution in [3.05, 3.63) is 35.4 Å². The fraction of sp³-hybridized carbons (Fsp3) is 0.652. The van der Waals surface area contributed by atoms with Crippen LogP contribution in [0.2, 0.25) is 0 Å². The van der Waals surface area contributed by atoms with Gasteiger partial charge in [0.1, 0.15) is 0 Å². The summed E-state index contributed by atoms with van der Waals surface area (Å²) in [6.45, 7) is 6.55. The van der Waals surface area contributed by atoms with Crippen molar-refractivity contribution in [1.29, 1.82) is 0 Å². The van der Waals surface area contributed by atoms with Crippen molar-refractivity contribution in [2.45, 2.75) is 51.5 Å². The molecule has 1 aliphatic heterocycles. The maximum absolute atomic E-state index is 12.1. The van der Waals surface area contributed by atoms with E-state index in [4.69, 9.17) is 0 Å². The molecule has 1 heterocycles. The Bertz CT molecular complexity index is 658. The molecule has 1 amide bonds. The Morgan fingerprint density at radius 3 is 2.72 bits per heavy atom. The molecule has 1 atom stereocenters. The van der Waals surface area contributed by atoms with Crippen LogP contribution in [-0.2, 0) is 6.42 Å². The van der Waals surface area contributed by atoms with Crippen molar-refractivity contribution in [3.63, 3.8) is 0 Å². The SMILES string of the molecule is CN=C(NCCCCN1CCCCC1C)NCCc1cccc(C(=O)N(C)C)c1. The van der Waals surface area contributed by atoms with E-state index in [0.717, 1.165) is 49.1 Å². The number of nitrogens with zero attached hydrogens (tertiary/aromatic N) is 3. The van der Waals surface area contributed by atoms with Gasteiger partial charge in [0, 0.05) is 45.8 Å². The molecule has 0 saturated carbocycles. The molecule has 1 unspecified atom stereocenters. The van der Waals surface area contributed by atoms with E-state index >= 15 is 0 Å². The molecule has 1 aromatic rings. The highest BCUT2D eigenvalue weighted by atomic mass is 16.2. The summed E-state index contributed by atoms with van der Waals surface area (Å²) in [6, 6.07) is 8.60. The van der Waals surface area contributed by atoms with Gasteiger partial charge in [-0.2, -0.15) is 0 Å². The van der Waals surface area contributed by atoms with Crippen LogP contribution in [0.4, 0.5) is 0 Å². The number of piperidine rings is 1. The lowest BCUT2D eigenvalue weighted by molar-refractivity contribution is 0.0827. The zero-order valence-electron chi connectivity index (χ0n) is 18.7. The number of benzene rings is 1. The van der Waals surface area contributed by atoms with Gasteiger partial charge in [0.25, 0.3) is 5.91 Å². The van der Waals surface area contributed by atoms with Crippen LogP contribution in [-0.4, -0.2) is 75.0 Å². The van der Waals surface area contributed by atoms with Crippen LogP contribution in [0, 0.1) is 0 Å². The van der Waals surface area contributed by atoms with Crippen molar-refractivity contribution in [2.24, 2.45) is 4.99 Å². The van der Waals surface area contributed by atoms with E-state index in [-0.39, 0.29) is 5.91 Å². The molecule has 0 aromatic heterocycles. The molecular weight excluding hydrogens is 362 g/mol. The van der Waals surface area contributed by atoms with Crippen LogP contribution in [0.1, 0.15) is 54.9 Å². The number of carbonyl (C=O) groups excluding carboxylic acids is 1. The molecule has 2 N–H and O–H groups in total. The van der Waals surface area contributed by atoms with E-state index in [2.05, 4.69) is 33.5 Å². The van der Waals surface area contributed by atoms with Gasteiger partial charge >= 0.3 is 0 Å². The molecule has 6 nitrogen and oxygen atoms in total. The molecule has 0 bridgehead atoms. The summed E-state index contributed by atoms with van der Waals surface area (Å²) in [5, 5.41) is 6.78. The third-order valence-corrected chi connectivity index (χ3v) is 5.61. The van der Waals surface area contributed by atoms with Crippen LogP contribution in [0.5, 0.6) is 0 Å². The maximum atomic E-state index is 12.1. The minimum Gasteiger partial charge on any atom is -0.356 e. The van der Waals surface area contributed by atoms with Gasteiger partial charge in [-0.3, -0.25) is 9.79 Å². The summed E-state index contributed by atoms with van der Waals surface area (Å²) in [6.07, 6.45) is 7.31. The van der Waals surface area contributed by atoms with Crippen LogP contribution in [0.25, 0.3) is 0 Å². The molecule has 1 aliphatic rings. The third kappa shape index (κ3) is 8.05. The number of unbranched alkanes of at least 4 members (excludes halogenated alkanes) is 1. The second-order valence-electron chi connectivity index (χ2n) is 8.16. The number of hydrogen-bond donors (Lipinski definition) is 2. The minimum atomic E-state index is 0.0382. The fourth-order valence-corrected chi connectivity index (χ4v) is 3.80. The van der Waals surface area contributed by atoms with E-state index in [0.29, 0.717) is 0 Å². The Hall–Kier alpha value is -2.08. The van der Waals surface area contributed by atoms with Crippen molar-refractivity contribution >= 4 is 11.9 Å². The van der Waals surface area contributed by atoms with Gasteiger partial charge < -0.3 is 20.4 Å². The largest absolute Gasteiger partial charge is 0.356 e. The normalized spacial score (nSPS) is 17.8. The number of hydrogen-bond acceptors (Lipinski definition) is 3. The number of amides is 1. The van der Waals surface area contributed by atoms with Crippen molar-refractivity contribution in [3.8, 4) is 0 Å². The van der Waals surface area contributed by atoms with Gasteiger partial charge in [-0.05, 0) is 69.8 Å². The predicted molar refractivity (Wildman–Crippen MR) is 122 cm³/mol. The standard InChI is InChI=1S/C23H39N5O/c1-19-10-5-7-16-28(19)17-8-6-14-25-23(24-2)26-15-13-20-11-9-12-21(18-20)22(29)27(3)4/h9,11-12,18-19H,5-8,10,13-17H2,1-4H3,(H2,24,25,26). The predicted octanol–water partition coefficient (Wildman–Crippen LogP) is 2.75. The first-order chi connectivity index (χ1) is 14.0. The molecule has 0 spiro atoms. The van der Waals surface area contributed by atoms with Gasteiger partial charge in [-0.25, -0.2) is 0 Å². The topological polar surface area (TPSA) is 60.0 Å². The molecule has 6 heteroatoms.